The molecule has 2 aliphatic heterocycles. The topological polar surface area (TPSA) is 105 Å². The number of halogens is 1. The Morgan fingerprint density at radius 2 is 1.71 bits per heavy atom. The van der Waals surface area contributed by atoms with Gasteiger partial charge in [-0.25, -0.2) is 13.8 Å². The van der Waals surface area contributed by atoms with Crippen LogP contribution in [0.3, 0.4) is 0 Å². The molecule has 1 atom stereocenters. The third-order valence-electron chi connectivity index (χ3n) is 9.04. The molecule has 2 heterocycles. The number of amides is 2. The fraction of sp³-hybridized carbons (Fsp3) is 0.548. The lowest BCUT2D eigenvalue weighted by Gasteiger charge is -2.35. The van der Waals surface area contributed by atoms with Crippen LogP contribution in [0, 0.1) is 17.3 Å². The van der Waals surface area contributed by atoms with E-state index in [0.717, 1.165) is 62.5 Å². The molecule has 0 radical (unpaired) electrons. The van der Waals surface area contributed by atoms with Crippen LogP contribution in [0.2, 0.25) is 0 Å². The molecule has 0 aromatic heterocycles. The van der Waals surface area contributed by atoms with Crippen molar-refractivity contribution in [2.24, 2.45) is 17.3 Å². The molecule has 41 heavy (non-hydrogen) atoms. The van der Waals surface area contributed by atoms with Crippen molar-refractivity contribution in [1.82, 2.24) is 15.8 Å². The van der Waals surface area contributed by atoms with Gasteiger partial charge in [-0.2, -0.15) is 0 Å². The quantitative estimate of drug-likeness (QED) is 0.434. The molecule has 2 aromatic rings. The maximum absolute atomic E-state index is 13.5. The minimum Gasteiger partial charge on any atom is -0.381 e. The summed E-state index contributed by atoms with van der Waals surface area (Å²) in [5.41, 5.74) is 4.99. The summed E-state index contributed by atoms with van der Waals surface area (Å²) < 4.78 is 28.9. The van der Waals surface area contributed by atoms with Crippen molar-refractivity contribution in [3.05, 3.63) is 65.7 Å². The van der Waals surface area contributed by atoms with E-state index in [-0.39, 0.29) is 46.5 Å². The molecule has 2 N–H and O–H groups in total. The minimum absolute atomic E-state index is 0. The van der Waals surface area contributed by atoms with Gasteiger partial charge in [-0.15, -0.1) is 12.4 Å². The molecule has 3 aliphatic rings. The van der Waals surface area contributed by atoms with Crippen molar-refractivity contribution in [3.63, 3.8) is 0 Å². The van der Waals surface area contributed by atoms with Crippen LogP contribution in [0.1, 0.15) is 68.5 Å². The fourth-order valence-corrected chi connectivity index (χ4v) is 7.03. The number of ether oxygens (including phenoxy) is 1. The first-order valence-corrected chi connectivity index (χ1v) is 16.4. The Bertz CT molecular complexity index is 1270. The molecule has 5 rings (SSSR count). The van der Waals surface area contributed by atoms with Crippen LogP contribution in [0.15, 0.2) is 59.5 Å². The third kappa shape index (κ3) is 7.69. The Kier molecular flexibility index (Phi) is 10.5. The lowest BCUT2D eigenvalue weighted by molar-refractivity contribution is -0.139. The van der Waals surface area contributed by atoms with Crippen molar-refractivity contribution in [2.75, 3.05) is 26.0 Å². The average Bonchev–Trinajstić information content (AvgIpc) is 3.26. The average molecular weight is 604 g/mol. The number of nitrogens with zero attached hydrogens (tertiary/aromatic N) is 1. The smallest absolute Gasteiger partial charge is 0.244 e. The van der Waals surface area contributed by atoms with E-state index in [1.54, 1.807) is 29.3 Å². The van der Waals surface area contributed by atoms with E-state index in [9.17, 15) is 18.0 Å². The number of hydrazine groups is 1. The van der Waals surface area contributed by atoms with Crippen molar-refractivity contribution in [2.45, 2.75) is 68.8 Å². The Labute approximate surface area is 249 Å². The lowest BCUT2D eigenvalue weighted by atomic mass is 9.69. The van der Waals surface area contributed by atoms with E-state index in [4.69, 9.17) is 4.74 Å². The number of carbonyl (C=O) groups excluding carboxylic acids is 2. The van der Waals surface area contributed by atoms with Crippen LogP contribution in [0.25, 0.3) is 0 Å². The lowest BCUT2D eigenvalue weighted by Crippen LogP contribution is -2.39. The van der Waals surface area contributed by atoms with E-state index in [0.29, 0.717) is 32.2 Å². The standard InChI is InChI=1S/C31H41N3O5S.ClH/c1-40(37,38)27-10-7-24(8-11-27)21-34-30(36)31(22-32-34)17-13-23(14-18-31)9-12-28(25-5-3-2-4-6-25)33-29(35)26-15-19-39-20-16-26;/h2-8,10-11,23,26,28,32H,9,12-22H2,1H3,(H,33,35);1H. The van der Waals surface area contributed by atoms with Gasteiger partial charge in [-0.1, -0.05) is 42.5 Å². The highest BCUT2D eigenvalue weighted by molar-refractivity contribution is 7.90. The predicted octanol–water partition coefficient (Wildman–Crippen LogP) is 4.60. The molecule has 10 heteroatoms. The van der Waals surface area contributed by atoms with Gasteiger partial charge in [0.15, 0.2) is 9.84 Å². The number of benzene rings is 2. The van der Waals surface area contributed by atoms with Crippen molar-refractivity contribution in [1.29, 1.82) is 0 Å². The zero-order valence-corrected chi connectivity index (χ0v) is 25.4. The Hall–Kier alpha value is -2.46. The first kappa shape index (κ1) is 31.5. The number of hydrogen-bond donors (Lipinski definition) is 2. The fourth-order valence-electron chi connectivity index (χ4n) is 6.40. The molecule has 2 saturated heterocycles. The van der Waals surface area contributed by atoms with Gasteiger partial charge in [0.05, 0.1) is 22.9 Å². The molecule has 3 fully saturated rings. The largest absolute Gasteiger partial charge is 0.381 e. The second-order valence-electron chi connectivity index (χ2n) is 11.8. The molecular weight excluding hydrogens is 562 g/mol. The van der Waals surface area contributed by atoms with Crippen LogP contribution < -0.4 is 10.7 Å². The maximum Gasteiger partial charge on any atom is 0.244 e. The van der Waals surface area contributed by atoms with Crippen molar-refractivity contribution < 1.29 is 22.7 Å². The molecule has 2 amide bonds. The van der Waals surface area contributed by atoms with Crippen LogP contribution in [-0.2, 0) is 30.7 Å². The summed E-state index contributed by atoms with van der Waals surface area (Å²) in [7, 11) is -3.24. The minimum atomic E-state index is -3.24. The number of rotatable bonds is 9. The van der Waals surface area contributed by atoms with Crippen molar-refractivity contribution in [3.8, 4) is 0 Å². The first-order valence-electron chi connectivity index (χ1n) is 14.5. The van der Waals surface area contributed by atoms with E-state index < -0.39 is 9.84 Å². The summed E-state index contributed by atoms with van der Waals surface area (Å²) in [4.78, 5) is 26.8. The van der Waals surface area contributed by atoms with Gasteiger partial charge in [-0.05, 0) is 80.5 Å². The zero-order chi connectivity index (χ0) is 28.2. The van der Waals surface area contributed by atoms with Gasteiger partial charge in [0.1, 0.15) is 0 Å². The summed E-state index contributed by atoms with van der Waals surface area (Å²) in [5.74, 6) is 0.829. The zero-order valence-electron chi connectivity index (χ0n) is 23.7. The molecule has 1 saturated carbocycles. The van der Waals surface area contributed by atoms with E-state index in [1.165, 1.54) is 6.26 Å². The highest BCUT2D eigenvalue weighted by Gasteiger charge is 2.48. The normalized spacial score (nSPS) is 24.2. The monoisotopic (exact) mass is 603 g/mol. The molecule has 8 nitrogen and oxygen atoms in total. The summed E-state index contributed by atoms with van der Waals surface area (Å²) >= 11 is 0. The van der Waals surface area contributed by atoms with Gasteiger partial charge in [0.25, 0.3) is 0 Å². The maximum atomic E-state index is 13.5. The molecule has 1 unspecified atom stereocenters. The van der Waals surface area contributed by atoms with E-state index >= 15 is 0 Å². The second kappa shape index (κ2) is 13.7. The van der Waals surface area contributed by atoms with Gasteiger partial charge >= 0.3 is 0 Å². The number of sulfone groups is 1. The first-order chi connectivity index (χ1) is 19.2. The Morgan fingerprint density at radius 1 is 1.05 bits per heavy atom. The summed E-state index contributed by atoms with van der Waals surface area (Å²) in [6.07, 6.45) is 8.37. The predicted molar refractivity (Wildman–Crippen MR) is 160 cm³/mol. The molecule has 224 valence electrons. The summed E-state index contributed by atoms with van der Waals surface area (Å²) in [5, 5.41) is 5.04. The van der Waals surface area contributed by atoms with Gasteiger partial charge in [0, 0.05) is 31.9 Å². The highest BCUT2D eigenvalue weighted by atomic mass is 35.5. The molecule has 0 bridgehead atoms. The Morgan fingerprint density at radius 3 is 2.34 bits per heavy atom. The second-order valence-corrected chi connectivity index (χ2v) is 13.8. The molecule has 1 aliphatic carbocycles. The van der Waals surface area contributed by atoms with Gasteiger partial charge < -0.3 is 10.1 Å². The number of carbonyl (C=O) groups is 2. The SMILES string of the molecule is CS(=O)(=O)c1ccc(CN2NCC3(CCC(CCC(NC(=O)C4CCOCC4)c4ccccc4)CC3)C2=O)cc1.Cl. The van der Waals surface area contributed by atoms with Crippen LogP contribution in [0.5, 0.6) is 0 Å². The van der Waals surface area contributed by atoms with Crippen molar-refractivity contribution >= 4 is 34.1 Å². The number of hydrogen-bond acceptors (Lipinski definition) is 6. The van der Waals surface area contributed by atoms with Crippen LogP contribution in [0.4, 0.5) is 0 Å². The molecule has 1 spiro atoms. The molecular formula is C31H42ClN3O5S. The van der Waals surface area contributed by atoms with Gasteiger partial charge in [0.2, 0.25) is 11.8 Å². The van der Waals surface area contributed by atoms with E-state index in [1.807, 2.05) is 18.2 Å². The summed E-state index contributed by atoms with van der Waals surface area (Å²) in [6.45, 7) is 2.37. The third-order valence-corrected chi connectivity index (χ3v) is 10.2. The Balaban J connectivity index is 0.00000387. The van der Waals surface area contributed by atoms with Crippen LogP contribution in [-0.4, -0.2) is 51.3 Å². The number of nitrogens with one attached hydrogen (secondary N) is 2. The summed E-state index contributed by atoms with van der Waals surface area (Å²) in [6, 6.07) is 17.0. The van der Waals surface area contributed by atoms with Crippen LogP contribution >= 0.6 is 12.4 Å². The van der Waals surface area contributed by atoms with Gasteiger partial charge in [-0.3, -0.25) is 14.6 Å². The molecule has 2 aromatic carbocycles. The van der Waals surface area contributed by atoms with E-state index in [2.05, 4.69) is 22.9 Å². The highest BCUT2D eigenvalue weighted by Crippen LogP contribution is 2.44.